The average molecular weight is 361 g/mol. The first-order chi connectivity index (χ1) is 12.0. The SMILES string of the molecule is CC(C)Cn1c(-c2ccc(F)cc2)cnc1S[C@@H]1CCCCNC1=O. The van der Waals surface area contributed by atoms with Gasteiger partial charge in [0.2, 0.25) is 5.91 Å². The van der Waals surface area contributed by atoms with Gasteiger partial charge < -0.3 is 9.88 Å². The zero-order chi connectivity index (χ0) is 17.8. The van der Waals surface area contributed by atoms with E-state index in [9.17, 15) is 9.18 Å². The quantitative estimate of drug-likeness (QED) is 0.872. The summed E-state index contributed by atoms with van der Waals surface area (Å²) in [6.45, 7) is 5.88. The minimum Gasteiger partial charge on any atom is -0.355 e. The summed E-state index contributed by atoms with van der Waals surface area (Å²) in [7, 11) is 0. The summed E-state index contributed by atoms with van der Waals surface area (Å²) in [6, 6.07) is 6.48. The lowest BCUT2D eigenvalue weighted by Crippen LogP contribution is -2.30. The second-order valence-corrected chi connectivity index (χ2v) is 8.00. The summed E-state index contributed by atoms with van der Waals surface area (Å²) in [4.78, 5) is 16.8. The fraction of sp³-hybridized carbons (Fsp3) is 0.474. The number of nitrogens with zero attached hydrogens (tertiary/aromatic N) is 2. The number of rotatable bonds is 5. The molecule has 1 amide bonds. The number of imidazole rings is 1. The molecule has 2 aromatic rings. The summed E-state index contributed by atoms with van der Waals surface area (Å²) in [5.41, 5.74) is 1.90. The van der Waals surface area contributed by atoms with Crippen LogP contribution in [0.1, 0.15) is 33.1 Å². The number of benzene rings is 1. The van der Waals surface area contributed by atoms with Crippen LogP contribution < -0.4 is 5.32 Å². The molecule has 0 spiro atoms. The van der Waals surface area contributed by atoms with Crippen molar-refractivity contribution < 1.29 is 9.18 Å². The Labute approximate surface area is 152 Å². The van der Waals surface area contributed by atoms with E-state index in [1.54, 1.807) is 12.1 Å². The van der Waals surface area contributed by atoms with E-state index in [1.807, 2.05) is 6.20 Å². The number of hydrogen-bond acceptors (Lipinski definition) is 3. The van der Waals surface area contributed by atoms with Gasteiger partial charge in [-0.3, -0.25) is 4.79 Å². The molecule has 4 nitrogen and oxygen atoms in total. The fourth-order valence-electron chi connectivity index (χ4n) is 3.00. The van der Waals surface area contributed by atoms with Crippen LogP contribution in [-0.4, -0.2) is 27.3 Å². The van der Waals surface area contributed by atoms with Gasteiger partial charge in [0.15, 0.2) is 5.16 Å². The van der Waals surface area contributed by atoms with Crippen LogP contribution in [-0.2, 0) is 11.3 Å². The molecule has 0 radical (unpaired) electrons. The molecule has 1 aromatic heterocycles. The topological polar surface area (TPSA) is 46.9 Å². The second-order valence-electron chi connectivity index (χ2n) is 6.83. The maximum atomic E-state index is 13.2. The molecule has 1 fully saturated rings. The van der Waals surface area contributed by atoms with Crippen LogP contribution in [0.4, 0.5) is 4.39 Å². The molecule has 1 aliphatic heterocycles. The molecular weight excluding hydrogens is 337 g/mol. The van der Waals surface area contributed by atoms with Gasteiger partial charge in [-0.2, -0.15) is 0 Å². The smallest absolute Gasteiger partial charge is 0.233 e. The van der Waals surface area contributed by atoms with Crippen molar-refractivity contribution in [3.63, 3.8) is 0 Å². The molecule has 1 N–H and O–H groups in total. The molecule has 134 valence electrons. The van der Waals surface area contributed by atoms with Crippen molar-refractivity contribution in [2.75, 3.05) is 6.54 Å². The van der Waals surface area contributed by atoms with Crippen LogP contribution >= 0.6 is 11.8 Å². The van der Waals surface area contributed by atoms with Crippen LogP contribution in [0.25, 0.3) is 11.3 Å². The van der Waals surface area contributed by atoms with Gasteiger partial charge in [-0.05, 0) is 48.6 Å². The minimum absolute atomic E-state index is 0.100. The van der Waals surface area contributed by atoms with Crippen LogP contribution in [0.3, 0.4) is 0 Å². The van der Waals surface area contributed by atoms with E-state index >= 15 is 0 Å². The van der Waals surface area contributed by atoms with Gasteiger partial charge >= 0.3 is 0 Å². The van der Waals surface area contributed by atoms with E-state index in [1.165, 1.54) is 23.9 Å². The normalized spacial score (nSPS) is 18.2. The van der Waals surface area contributed by atoms with Crippen molar-refractivity contribution in [3.8, 4) is 11.3 Å². The number of carbonyl (C=O) groups is 1. The highest BCUT2D eigenvalue weighted by atomic mass is 32.2. The Morgan fingerprint density at radius 1 is 1.32 bits per heavy atom. The predicted octanol–water partition coefficient (Wildman–Crippen LogP) is 4.11. The van der Waals surface area contributed by atoms with Gasteiger partial charge in [-0.15, -0.1) is 0 Å². The molecule has 1 aliphatic rings. The van der Waals surface area contributed by atoms with Gasteiger partial charge in [-0.1, -0.05) is 32.0 Å². The Morgan fingerprint density at radius 2 is 2.08 bits per heavy atom. The van der Waals surface area contributed by atoms with E-state index in [0.717, 1.165) is 48.8 Å². The van der Waals surface area contributed by atoms with Crippen molar-refractivity contribution >= 4 is 17.7 Å². The lowest BCUT2D eigenvalue weighted by molar-refractivity contribution is -0.120. The summed E-state index contributed by atoms with van der Waals surface area (Å²) >= 11 is 1.54. The highest BCUT2D eigenvalue weighted by Crippen LogP contribution is 2.32. The molecule has 1 aromatic carbocycles. The van der Waals surface area contributed by atoms with Crippen molar-refractivity contribution in [1.82, 2.24) is 14.9 Å². The number of carbonyl (C=O) groups excluding carboxylic acids is 1. The molecule has 0 unspecified atom stereocenters. The summed E-state index contributed by atoms with van der Waals surface area (Å²) in [5, 5.41) is 3.74. The Hall–Kier alpha value is -1.82. The number of halogens is 1. The Balaban J connectivity index is 1.90. The third-order valence-electron chi connectivity index (χ3n) is 4.24. The van der Waals surface area contributed by atoms with E-state index in [2.05, 4.69) is 28.7 Å². The largest absolute Gasteiger partial charge is 0.355 e. The van der Waals surface area contributed by atoms with Crippen LogP contribution in [0.15, 0.2) is 35.6 Å². The molecule has 2 heterocycles. The Bertz CT molecular complexity index is 727. The number of thioether (sulfide) groups is 1. The zero-order valence-corrected chi connectivity index (χ0v) is 15.5. The van der Waals surface area contributed by atoms with Gasteiger partial charge in [-0.25, -0.2) is 9.37 Å². The first-order valence-corrected chi connectivity index (χ1v) is 9.68. The molecule has 0 aliphatic carbocycles. The lowest BCUT2D eigenvalue weighted by atomic mass is 10.1. The van der Waals surface area contributed by atoms with Crippen molar-refractivity contribution in [2.45, 2.75) is 50.1 Å². The summed E-state index contributed by atoms with van der Waals surface area (Å²) < 4.78 is 15.4. The van der Waals surface area contributed by atoms with Crippen LogP contribution in [0.2, 0.25) is 0 Å². The number of aromatic nitrogens is 2. The third kappa shape index (κ3) is 4.42. The standard InChI is InChI=1S/C19H24FN3OS/c1-13(2)12-23-16(14-6-8-15(20)9-7-14)11-22-19(23)25-17-5-3-4-10-21-18(17)24/h6-9,11,13,17H,3-5,10,12H2,1-2H3,(H,21,24)/t17-/m1/s1. The molecule has 1 saturated heterocycles. The van der Waals surface area contributed by atoms with Crippen LogP contribution in [0.5, 0.6) is 0 Å². The summed E-state index contributed by atoms with van der Waals surface area (Å²) in [5.74, 6) is 0.295. The highest BCUT2D eigenvalue weighted by Gasteiger charge is 2.25. The molecule has 3 rings (SSSR count). The van der Waals surface area contributed by atoms with Crippen molar-refractivity contribution in [3.05, 3.63) is 36.3 Å². The fourth-order valence-corrected chi connectivity index (χ4v) is 4.14. The maximum absolute atomic E-state index is 13.2. The number of amides is 1. The first-order valence-electron chi connectivity index (χ1n) is 8.80. The van der Waals surface area contributed by atoms with Gasteiger partial charge in [0.05, 0.1) is 17.1 Å². The maximum Gasteiger partial charge on any atom is 0.233 e. The predicted molar refractivity (Wildman–Crippen MR) is 99.0 cm³/mol. The number of hydrogen-bond donors (Lipinski definition) is 1. The monoisotopic (exact) mass is 361 g/mol. The zero-order valence-electron chi connectivity index (χ0n) is 14.7. The van der Waals surface area contributed by atoms with Crippen molar-refractivity contribution in [2.24, 2.45) is 5.92 Å². The first kappa shape index (κ1) is 18.0. The molecule has 1 atom stereocenters. The van der Waals surface area contributed by atoms with E-state index in [4.69, 9.17) is 0 Å². The molecule has 0 bridgehead atoms. The highest BCUT2D eigenvalue weighted by molar-refractivity contribution is 8.00. The third-order valence-corrected chi connectivity index (χ3v) is 5.51. The van der Waals surface area contributed by atoms with Gasteiger partial charge in [0.25, 0.3) is 0 Å². The Morgan fingerprint density at radius 3 is 2.80 bits per heavy atom. The molecular formula is C19H24FN3OS. The van der Waals surface area contributed by atoms with Crippen LogP contribution in [0, 0.1) is 11.7 Å². The van der Waals surface area contributed by atoms with Gasteiger partial charge in [0.1, 0.15) is 5.82 Å². The van der Waals surface area contributed by atoms with Crippen molar-refractivity contribution in [1.29, 1.82) is 0 Å². The molecule has 6 heteroatoms. The number of nitrogens with one attached hydrogen (secondary N) is 1. The minimum atomic E-state index is -0.247. The van der Waals surface area contributed by atoms with E-state index in [-0.39, 0.29) is 17.0 Å². The van der Waals surface area contributed by atoms with Gasteiger partial charge in [0, 0.05) is 13.1 Å². The summed E-state index contributed by atoms with van der Waals surface area (Å²) in [6.07, 6.45) is 4.78. The molecule has 25 heavy (non-hydrogen) atoms. The lowest BCUT2D eigenvalue weighted by Gasteiger charge is -2.17. The second kappa shape index (κ2) is 8.04. The van der Waals surface area contributed by atoms with E-state index in [0.29, 0.717) is 5.92 Å². The average Bonchev–Trinajstić information content (AvgIpc) is 2.83. The Kier molecular flexibility index (Phi) is 5.78. The van der Waals surface area contributed by atoms with E-state index < -0.39 is 0 Å². The molecule has 0 saturated carbocycles.